The van der Waals surface area contributed by atoms with Crippen LogP contribution in [-0.2, 0) is 17.8 Å². The molecule has 0 saturated heterocycles. The Balaban J connectivity index is 1.96. The lowest BCUT2D eigenvalue weighted by Crippen LogP contribution is -2.27. The molecule has 0 aromatic heterocycles. The summed E-state index contributed by atoms with van der Waals surface area (Å²) < 4.78 is 0. The van der Waals surface area contributed by atoms with E-state index >= 15 is 0 Å². The van der Waals surface area contributed by atoms with Crippen LogP contribution in [0, 0.1) is 0 Å². The van der Waals surface area contributed by atoms with Crippen LogP contribution in [0.5, 0.6) is 0 Å². The predicted molar refractivity (Wildman–Crippen MR) is 85.3 cm³/mol. The van der Waals surface area contributed by atoms with Gasteiger partial charge in [-0.05, 0) is 35.4 Å². The van der Waals surface area contributed by atoms with E-state index in [4.69, 9.17) is 11.6 Å². The van der Waals surface area contributed by atoms with E-state index in [2.05, 4.69) is 12.6 Å². The predicted octanol–water partition coefficient (Wildman–Crippen LogP) is 3.83. The monoisotopic (exact) mass is 305 g/mol. The van der Waals surface area contributed by atoms with Crippen LogP contribution in [0.15, 0.2) is 53.4 Å². The van der Waals surface area contributed by atoms with Crippen molar-refractivity contribution in [2.75, 3.05) is 7.05 Å². The summed E-state index contributed by atoms with van der Waals surface area (Å²) in [6, 6.07) is 15.2. The Morgan fingerprint density at radius 3 is 2.50 bits per heavy atom. The van der Waals surface area contributed by atoms with Crippen molar-refractivity contribution in [3.8, 4) is 0 Å². The second-order valence-electron chi connectivity index (χ2n) is 4.72. The van der Waals surface area contributed by atoms with E-state index in [1.165, 1.54) is 0 Å². The lowest BCUT2D eigenvalue weighted by atomic mass is 10.1. The van der Waals surface area contributed by atoms with Gasteiger partial charge in [0.05, 0.1) is 6.42 Å². The summed E-state index contributed by atoms with van der Waals surface area (Å²) >= 11 is 10.2. The van der Waals surface area contributed by atoms with E-state index in [9.17, 15) is 4.79 Å². The Bertz CT molecular complexity index is 598. The molecule has 0 spiro atoms. The zero-order valence-electron chi connectivity index (χ0n) is 11.2. The second kappa shape index (κ2) is 6.82. The smallest absolute Gasteiger partial charge is 0.227 e. The van der Waals surface area contributed by atoms with Gasteiger partial charge in [-0.15, -0.1) is 12.6 Å². The molecule has 0 saturated carbocycles. The van der Waals surface area contributed by atoms with Crippen LogP contribution in [0.1, 0.15) is 11.1 Å². The van der Waals surface area contributed by atoms with E-state index < -0.39 is 0 Å². The summed E-state index contributed by atoms with van der Waals surface area (Å²) in [5, 5.41) is 0.688. The molecule has 0 aliphatic heterocycles. The zero-order valence-corrected chi connectivity index (χ0v) is 12.9. The first kappa shape index (κ1) is 14.9. The van der Waals surface area contributed by atoms with Gasteiger partial charge in [-0.3, -0.25) is 4.79 Å². The Labute approximate surface area is 129 Å². The molecule has 0 fully saturated rings. The summed E-state index contributed by atoms with van der Waals surface area (Å²) in [7, 11) is 1.80. The summed E-state index contributed by atoms with van der Waals surface area (Å²) in [5.41, 5.74) is 2.02. The molecule has 0 heterocycles. The first-order valence-corrected chi connectivity index (χ1v) is 7.13. The summed E-state index contributed by atoms with van der Waals surface area (Å²) in [6.45, 7) is 0.560. The number of benzene rings is 2. The van der Waals surface area contributed by atoms with Crippen LogP contribution in [0.25, 0.3) is 0 Å². The molecule has 2 aromatic carbocycles. The standard InChI is InChI=1S/C16H16ClNOS/c1-18(11-13-3-2-4-14(17)9-13)16(19)10-12-5-7-15(20)8-6-12/h2-9,20H,10-11H2,1H3. The van der Waals surface area contributed by atoms with Gasteiger partial charge in [-0.2, -0.15) is 0 Å². The minimum absolute atomic E-state index is 0.0805. The first-order valence-electron chi connectivity index (χ1n) is 6.31. The molecule has 2 nitrogen and oxygen atoms in total. The number of carbonyl (C=O) groups is 1. The number of rotatable bonds is 4. The van der Waals surface area contributed by atoms with Crippen molar-refractivity contribution in [2.24, 2.45) is 0 Å². The van der Waals surface area contributed by atoms with Gasteiger partial charge in [0.15, 0.2) is 0 Å². The van der Waals surface area contributed by atoms with Crippen LogP contribution in [0.3, 0.4) is 0 Å². The molecule has 0 atom stereocenters. The highest BCUT2D eigenvalue weighted by molar-refractivity contribution is 7.80. The average Bonchev–Trinajstić information content (AvgIpc) is 2.41. The molecule has 2 aromatic rings. The van der Waals surface area contributed by atoms with Crippen molar-refractivity contribution < 1.29 is 4.79 Å². The number of hydrogen-bond acceptors (Lipinski definition) is 2. The fourth-order valence-corrected chi connectivity index (χ4v) is 2.28. The number of carbonyl (C=O) groups excluding carboxylic acids is 1. The summed E-state index contributed by atoms with van der Waals surface area (Å²) in [6.07, 6.45) is 0.394. The van der Waals surface area contributed by atoms with Gasteiger partial charge >= 0.3 is 0 Å². The molecule has 0 unspecified atom stereocenters. The average molecular weight is 306 g/mol. The third-order valence-electron chi connectivity index (χ3n) is 3.03. The van der Waals surface area contributed by atoms with E-state index in [-0.39, 0.29) is 5.91 Å². The van der Waals surface area contributed by atoms with Crippen LogP contribution < -0.4 is 0 Å². The Morgan fingerprint density at radius 2 is 1.85 bits per heavy atom. The SMILES string of the molecule is CN(Cc1cccc(Cl)c1)C(=O)Cc1ccc(S)cc1. The first-order chi connectivity index (χ1) is 9.54. The van der Waals surface area contributed by atoms with Crippen molar-refractivity contribution in [3.05, 3.63) is 64.7 Å². The third kappa shape index (κ3) is 4.29. The second-order valence-corrected chi connectivity index (χ2v) is 5.68. The molecule has 20 heavy (non-hydrogen) atoms. The van der Waals surface area contributed by atoms with Gasteiger partial charge in [-0.25, -0.2) is 0 Å². The van der Waals surface area contributed by atoms with Crippen LogP contribution in [-0.4, -0.2) is 17.9 Å². The lowest BCUT2D eigenvalue weighted by molar-refractivity contribution is -0.129. The minimum Gasteiger partial charge on any atom is -0.341 e. The molecule has 0 radical (unpaired) electrons. The number of thiol groups is 1. The number of hydrogen-bond donors (Lipinski definition) is 1. The summed E-state index contributed by atoms with van der Waals surface area (Å²) in [4.78, 5) is 14.8. The van der Waals surface area contributed by atoms with Crippen molar-refractivity contribution in [3.63, 3.8) is 0 Å². The fourth-order valence-electron chi connectivity index (χ4n) is 1.92. The lowest BCUT2D eigenvalue weighted by Gasteiger charge is -2.17. The maximum absolute atomic E-state index is 12.2. The van der Waals surface area contributed by atoms with Gasteiger partial charge in [0, 0.05) is 23.5 Å². The molecule has 0 aliphatic carbocycles. The Hall–Kier alpha value is -1.45. The van der Waals surface area contributed by atoms with E-state index in [0.717, 1.165) is 16.0 Å². The van der Waals surface area contributed by atoms with E-state index in [1.807, 2.05) is 48.5 Å². The largest absolute Gasteiger partial charge is 0.341 e. The van der Waals surface area contributed by atoms with Gasteiger partial charge in [0.1, 0.15) is 0 Å². The highest BCUT2D eigenvalue weighted by Crippen LogP contribution is 2.13. The maximum atomic E-state index is 12.2. The van der Waals surface area contributed by atoms with Crippen molar-refractivity contribution >= 4 is 30.1 Å². The maximum Gasteiger partial charge on any atom is 0.227 e. The quantitative estimate of drug-likeness (QED) is 0.851. The van der Waals surface area contributed by atoms with Crippen molar-refractivity contribution in [2.45, 2.75) is 17.9 Å². The van der Waals surface area contributed by atoms with Gasteiger partial charge in [0.2, 0.25) is 5.91 Å². The molecule has 4 heteroatoms. The summed E-state index contributed by atoms with van der Waals surface area (Å²) in [5.74, 6) is 0.0805. The number of amides is 1. The molecule has 0 aliphatic rings. The molecular weight excluding hydrogens is 290 g/mol. The number of nitrogens with zero attached hydrogens (tertiary/aromatic N) is 1. The normalized spacial score (nSPS) is 10.3. The highest BCUT2D eigenvalue weighted by atomic mass is 35.5. The fraction of sp³-hybridized carbons (Fsp3) is 0.188. The topological polar surface area (TPSA) is 20.3 Å². The Kier molecular flexibility index (Phi) is 5.10. The van der Waals surface area contributed by atoms with Crippen LogP contribution in [0.2, 0.25) is 5.02 Å². The van der Waals surface area contributed by atoms with Gasteiger partial charge in [0.25, 0.3) is 0 Å². The molecule has 104 valence electrons. The Morgan fingerprint density at radius 1 is 1.15 bits per heavy atom. The van der Waals surface area contributed by atoms with Crippen LogP contribution >= 0.6 is 24.2 Å². The number of halogens is 1. The van der Waals surface area contributed by atoms with Crippen molar-refractivity contribution in [1.29, 1.82) is 0 Å². The van der Waals surface area contributed by atoms with E-state index in [1.54, 1.807) is 11.9 Å². The third-order valence-corrected chi connectivity index (χ3v) is 3.56. The van der Waals surface area contributed by atoms with Gasteiger partial charge < -0.3 is 4.90 Å². The van der Waals surface area contributed by atoms with Gasteiger partial charge in [-0.1, -0.05) is 35.9 Å². The van der Waals surface area contributed by atoms with E-state index in [0.29, 0.717) is 18.0 Å². The zero-order chi connectivity index (χ0) is 14.5. The minimum atomic E-state index is 0.0805. The molecule has 2 rings (SSSR count). The highest BCUT2D eigenvalue weighted by Gasteiger charge is 2.10. The van der Waals surface area contributed by atoms with Crippen LogP contribution in [0.4, 0.5) is 0 Å². The van der Waals surface area contributed by atoms with Crippen molar-refractivity contribution in [1.82, 2.24) is 4.90 Å². The molecular formula is C16H16ClNOS. The molecule has 1 amide bonds. The molecule has 0 N–H and O–H groups in total. The number of likely N-dealkylation sites (N-methyl/N-ethyl adjacent to an activating group) is 1. The molecule has 0 bridgehead atoms.